The zero-order chi connectivity index (χ0) is 13.2. The maximum absolute atomic E-state index is 5.41. The quantitative estimate of drug-likeness (QED) is 0.893. The van der Waals surface area contributed by atoms with Crippen LogP contribution in [0.3, 0.4) is 0 Å². The van der Waals surface area contributed by atoms with Crippen LogP contribution < -0.4 is 14.8 Å². The Hall–Kier alpha value is -1.26. The molecule has 1 N–H and O–H groups in total. The van der Waals surface area contributed by atoms with Crippen molar-refractivity contribution in [3.63, 3.8) is 0 Å². The van der Waals surface area contributed by atoms with Crippen molar-refractivity contribution in [3.05, 3.63) is 23.3 Å². The summed E-state index contributed by atoms with van der Waals surface area (Å²) >= 11 is 0. The lowest BCUT2D eigenvalue weighted by Crippen LogP contribution is -2.40. The first-order valence-electron chi connectivity index (χ1n) is 7.00. The molecule has 2 heterocycles. The smallest absolute Gasteiger partial charge is 0.161 e. The van der Waals surface area contributed by atoms with Crippen molar-refractivity contribution in [1.82, 2.24) is 10.2 Å². The van der Waals surface area contributed by atoms with Gasteiger partial charge in [-0.3, -0.25) is 4.90 Å². The summed E-state index contributed by atoms with van der Waals surface area (Å²) in [5.74, 6) is 1.69. The van der Waals surface area contributed by atoms with Crippen molar-refractivity contribution in [2.75, 3.05) is 33.9 Å². The van der Waals surface area contributed by atoms with Crippen LogP contribution in [0.15, 0.2) is 12.1 Å². The Bertz CT molecular complexity index is 456. The first-order chi connectivity index (χ1) is 9.31. The molecule has 2 aliphatic heterocycles. The van der Waals surface area contributed by atoms with Gasteiger partial charge in [0.2, 0.25) is 0 Å². The van der Waals surface area contributed by atoms with Gasteiger partial charge in [-0.2, -0.15) is 0 Å². The summed E-state index contributed by atoms with van der Waals surface area (Å²) < 4.78 is 10.8. The van der Waals surface area contributed by atoms with E-state index >= 15 is 0 Å². The van der Waals surface area contributed by atoms with Crippen molar-refractivity contribution in [1.29, 1.82) is 0 Å². The first kappa shape index (κ1) is 12.8. The minimum absolute atomic E-state index is 0.696. The van der Waals surface area contributed by atoms with E-state index < -0.39 is 0 Å². The fourth-order valence-corrected chi connectivity index (χ4v) is 3.17. The van der Waals surface area contributed by atoms with Crippen molar-refractivity contribution < 1.29 is 9.47 Å². The lowest BCUT2D eigenvalue weighted by molar-refractivity contribution is 0.189. The van der Waals surface area contributed by atoms with Gasteiger partial charge in [0, 0.05) is 25.7 Å². The SMILES string of the molecule is COc1cc2c(cc1OC)CN([C@H]1CCNC1)CC2. The minimum Gasteiger partial charge on any atom is -0.493 e. The van der Waals surface area contributed by atoms with E-state index in [1.807, 2.05) is 0 Å². The van der Waals surface area contributed by atoms with Gasteiger partial charge in [0.1, 0.15) is 0 Å². The molecule has 0 bridgehead atoms. The maximum atomic E-state index is 5.41. The van der Waals surface area contributed by atoms with E-state index in [0.717, 1.165) is 44.1 Å². The number of benzene rings is 1. The Kier molecular flexibility index (Phi) is 3.62. The molecule has 4 heteroatoms. The molecule has 4 nitrogen and oxygen atoms in total. The fraction of sp³-hybridized carbons (Fsp3) is 0.600. The average molecular weight is 262 g/mol. The van der Waals surface area contributed by atoms with Crippen LogP contribution in [-0.2, 0) is 13.0 Å². The van der Waals surface area contributed by atoms with Gasteiger partial charge >= 0.3 is 0 Å². The van der Waals surface area contributed by atoms with Crippen molar-refractivity contribution in [2.24, 2.45) is 0 Å². The first-order valence-corrected chi connectivity index (χ1v) is 7.00. The largest absolute Gasteiger partial charge is 0.493 e. The summed E-state index contributed by atoms with van der Waals surface area (Å²) in [6.07, 6.45) is 2.37. The van der Waals surface area contributed by atoms with E-state index in [9.17, 15) is 0 Å². The van der Waals surface area contributed by atoms with E-state index in [0.29, 0.717) is 6.04 Å². The third-order valence-electron chi connectivity index (χ3n) is 4.30. The van der Waals surface area contributed by atoms with Gasteiger partial charge in [0.05, 0.1) is 14.2 Å². The molecule has 2 aliphatic rings. The summed E-state index contributed by atoms with van der Waals surface area (Å²) in [4.78, 5) is 2.59. The van der Waals surface area contributed by atoms with Crippen LogP contribution in [0.5, 0.6) is 11.5 Å². The predicted octanol–water partition coefficient (Wildman–Crippen LogP) is 1.42. The second-order valence-electron chi connectivity index (χ2n) is 5.34. The van der Waals surface area contributed by atoms with Gasteiger partial charge in [-0.1, -0.05) is 0 Å². The molecule has 1 fully saturated rings. The molecule has 0 aromatic heterocycles. The molecule has 0 aliphatic carbocycles. The van der Waals surface area contributed by atoms with Gasteiger partial charge in [-0.15, -0.1) is 0 Å². The van der Waals surface area contributed by atoms with Crippen LogP contribution in [0, 0.1) is 0 Å². The number of hydrogen-bond donors (Lipinski definition) is 1. The van der Waals surface area contributed by atoms with Gasteiger partial charge in [0.25, 0.3) is 0 Å². The van der Waals surface area contributed by atoms with Crippen molar-refractivity contribution >= 4 is 0 Å². The Morgan fingerprint density at radius 3 is 2.53 bits per heavy atom. The molecule has 0 radical (unpaired) electrons. The number of methoxy groups -OCH3 is 2. The van der Waals surface area contributed by atoms with Crippen LogP contribution in [-0.4, -0.2) is 44.8 Å². The Balaban J connectivity index is 1.83. The summed E-state index contributed by atoms with van der Waals surface area (Å²) in [7, 11) is 3.40. The molecule has 3 rings (SSSR count). The molecule has 0 amide bonds. The molecule has 1 saturated heterocycles. The lowest BCUT2D eigenvalue weighted by Gasteiger charge is -2.33. The molecule has 19 heavy (non-hydrogen) atoms. The molecule has 1 aromatic carbocycles. The molecule has 0 unspecified atom stereocenters. The predicted molar refractivity (Wildman–Crippen MR) is 74.9 cm³/mol. The number of nitrogens with one attached hydrogen (secondary N) is 1. The van der Waals surface area contributed by atoms with Gasteiger partial charge < -0.3 is 14.8 Å². The highest BCUT2D eigenvalue weighted by molar-refractivity contribution is 5.48. The number of nitrogens with zero attached hydrogens (tertiary/aromatic N) is 1. The highest BCUT2D eigenvalue weighted by Crippen LogP contribution is 2.33. The Labute approximate surface area is 114 Å². The zero-order valence-corrected chi connectivity index (χ0v) is 11.7. The standard InChI is InChI=1S/C15H22N2O2/c1-18-14-7-11-4-6-17(13-3-5-16-9-13)10-12(11)8-15(14)19-2/h7-8,13,16H,3-6,9-10H2,1-2H3/t13-/m0/s1. The van der Waals surface area contributed by atoms with Crippen molar-refractivity contribution in [3.8, 4) is 11.5 Å². The Morgan fingerprint density at radius 1 is 1.16 bits per heavy atom. The highest BCUT2D eigenvalue weighted by atomic mass is 16.5. The van der Waals surface area contributed by atoms with Crippen LogP contribution in [0.1, 0.15) is 17.5 Å². The monoisotopic (exact) mass is 262 g/mol. The van der Waals surface area contributed by atoms with Crippen LogP contribution >= 0.6 is 0 Å². The average Bonchev–Trinajstić information content (AvgIpc) is 2.99. The normalized spacial score (nSPS) is 23.2. The van der Waals surface area contributed by atoms with E-state index in [-0.39, 0.29) is 0 Å². The number of rotatable bonds is 3. The molecular weight excluding hydrogens is 240 g/mol. The Morgan fingerprint density at radius 2 is 1.89 bits per heavy atom. The van der Waals surface area contributed by atoms with Crippen molar-refractivity contribution in [2.45, 2.75) is 25.4 Å². The second-order valence-corrected chi connectivity index (χ2v) is 5.34. The summed E-state index contributed by atoms with van der Waals surface area (Å²) in [6, 6.07) is 4.97. The van der Waals surface area contributed by atoms with Crippen LogP contribution in [0.4, 0.5) is 0 Å². The van der Waals surface area contributed by atoms with E-state index in [1.54, 1.807) is 14.2 Å². The van der Waals surface area contributed by atoms with Crippen LogP contribution in [0.25, 0.3) is 0 Å². The maximum Gasteiger partial charge on any atom is 0.161 e. The molecule has 1 atom stereocenters. The van der Waals surface area contributed by atoms with Crippen LogP contribution in [0.2, 0.25) is 0 Å². The molecular formula is C15H22N2O2. The molecule has 0 saturated carbocycles. The van der Waals surface area contributed by atoms with Gasteiger partial charge in [-0.05, 0) is 42.6 Å². The minimum atomic E-state index is 0.696. The third-order valence-corrected chi connectivity index (χ3v) is 4.30. The van der Waals surface area contributed by atoms with Gasteiger partial charge in [-0.25, -0.2) is 0 Å². The molecule has 0 spiro atoms. The lowest BCUT2D eigenvalue weighted by atomic mass is 9.97. The number of ether oxygens (including phenoxy) is 2. The summed E-state index contributed by atoms with van der Waals surface area (Å²) in [5.41, 5.74) is 2.79. The summed E-state index contributed by atoms with van der Waals surface area (Å²) in [5, 5.41) is 3.45. The van der Waals surface area contributed by atoms with Gasteiger partial charge in [0.15, 0.2) is 11.5 Å². The van der Waals surface area contributed by atoms with E-state index in [2.05, 4.69) is 22.3 Å². The summed E-state index contributed by atoms with van der Waals surface area (Å²) in [6.45, 7) is 4.46. The molecule has 104 valence electrons. The number of hydrogen-bond acceptors (Lipinski definition) is 4. The topological polar surface area (TPSA) is 33.7 Å². The fourth-order valence-electron chi connectivity index (χ4n) is 3.17. The van der Waals surface area contributed by atoms with E-state index in [4.69, 9.17) is 9.47 Å². The second kappa shape index (κ2) is 5.39. The van der Waals surface area contributed by atoms with E-state index in [1.165, 1.54) is 17.5 Å². The number of fused-ring (bicyclic) bond motifs is 1. The third kappa shape index (κ3) is 2.42. The molecule has 1 aromatic rings. The zero-order valence-electron chi connectivity index (χ0n) is 11.7. The highest BCUT2D eigenvalue weighted by Gasteiger charge is 2.26.